The minimum Gasteiger partial charge on any atom is -0.508 e. The summed E-state index contributed by atoms with van der Waals surface area (Å²) in [6.07, 6.45) is 0. The number of aromatic hydroxyl groups is 1. The van der Waals surface area contributed by atoms with Crippen LogP contribution in [-0.4, -0.2) is 42.9 Å². The molecule has 162 valence electrons. The number of phenolic OH excluding ortho intramolecular Hbond substituents is 1. The number of hydrogen-bond donors (Lipinski definition) is 1. The molecule has 0 amide bonds. The molecule has 4 heteroatoms. The Hall–Kier alpha value is -2.98. The van der Waals surface area contributed by atoms with Gasteiger partial charge in [0, 0.05) is 23.9 Å². The molecule has 31 heavy (non-hydrogen) atoms. The van der Waals surface area contributed by atoms with E-state index in [1.165, 1.54) is 11.1 Å². The molecular weight excluding hydrogens is 386 g/mol. The van der Waals surface area contributed by atoms with E-state index in [1.54, 1.807) is 6.07 Å². The third-order valence-electron chi connectivity index (χ3n) is 6.19. The van der Waals surface area contributed by atoms with E-state index in [0.717, 1.165) is 36.7 Å². The predicted molar refractivity (Wildman–Crippen MR) is 124 cm³/mol. The molecule has 0 radical (unpaired) electrons. The van der Waals surface area contributed by atoms with Gasteiger partial charge in [0.15, 0.2) is 0 Å². The number of ether oxygens (including phenoxy) is 2. The number of fused-ring (bicyclic) bond motifs is 1. The number of nitrogens with zero attached hydrogens (tertiary/aromatic N) is 1. The van der Waals surface area contributed by atoms with Crippen molar-refractivity contribution in [3.8, 4) is 17.2 Å². The van der Waals surface area contributed by atoms with Crippen LogP contribution in [0.5, 0.6) is 17.2 Å². The second-order valence-corrected chi connectivity index (χ2v) is 7.97. The number of hydrogen-bond acceptors (Lipinski definition) is 4. The Labute approximate surface area is 185 Å². The van der Waals surface area contributed by atoms with Crippen LogP contribution in [0.4, 0.5) is 0 Å². The number of phenols is 1. The average Bonchev–Trinajstić information content (AvgIpc) is 2.82. The van der Waals surface area contributed by atoms with Gasteiger partial charge >= 0.3 is 0 Å². The zero-order valence-corrected chi connectivity index (χ0v) is 18.3. The van der Waals surface area contributed by atoms with E-state index in [2.05, 4.69) is 67.3 Å². The van der Waals surface area contributed by atoms with Crippen LogP contribution in [0.15, 0.2) is 72.8 Å². The molecule has 1 aliphatic heterocycles. The van der Waals surface area contributed by atoms with Crippen LogP contribution in [0.25, 0.3) is 0 Å². The molecule has 0 aromatic heterocycles. The van der Waals surface area contributed by atoms with Gasteiger partial charge in [0.25, 0.3) is 0 Å². The molecule has 4 rings (SSSR count). The summed E-state index contributed by atoms with van der Waals surface area (Å²) in [5, 5.41) is 10.2. The summed E-state index contributed by atoms with van der Waals surface area (Å²) in [6.45, 7) is 8.63. The number of likely N-dealkylation sites (N-methyl/N-ethyl adjacent to an activating group) is 1. The highest BCUT2D eigenvalue weighted by molar-refractivity contribution is 5.51. The van der Waals surface area contributed by atoms with Gasteiger partial charge in [-0.1, -0.05) is 56.3 Å². The molecule has 0 bridgehead atoms. The third kappa shape index (κ3) is 4.86. The highest BCUT2D eigenvalue weighted by Gasteiger charge is 2.33. The molecule has 0 fully saturated rings. The molecular formula is C27H31NO3. The van der Waals surface area contributed by atoms with E-state index in [0.29, 0.717) is 13.2 Å². The second-order valence-electron chi connectivity index (χ2n) is 7.97. The fourth-order valence-electron chi connectivity index (χ4n) is 4.41. The van der Waals surface area contributed by atoms with Crippen molar-refractivity contribution >= 4 is 0 Å². The highest BCUT2D eigenvalue weighted by Crippen LogP contribution is 2.47. The molecule has 1 aliphatic rings. The van der Waals surface area contributed by atoms with Crippen LogP contribution in [-0.2, 0) is 0 Å². The van der Waals surface area contributed by atoms with E-state index < -0.39 is 0 Å². The number of rotatable bonds is 8. The van der Waals surface area contributed by atoms with Gasteiger partial charge in [-0.05, 0) is 54.5 Å². The lowest BCUT2D eigenvalue weighted by atomic mass is 9.76. The minimum atomic E-state index is 0.1000. The topological polar surface area (TPSA) is 41.9 Å². The molecule has 3 aromatic rings. The van der Waals surface area contributed by atoms with Crippen molar-refractivity contribution in [2.45, 2.75) is 25.7 Å². The van der Waals surface area contributed by atoms with E-state index in [1.807, 2.05) is 18.2 Å². The number of benzene rings is 3. The van der Waals surface area contributed by atoms with Crippen molar-refractivity contribution in [1.82, 2.24) is 4.90 Å². The minimum absolute atomic E-state index is 0.1000. The fourth-order valence-corrected chi connectivity index (χ4v) is 4.41. The Morgan fingerprint density at radius 3 is 2.39 bits per heavy atom. The first-order valence-corrected chi connectivity index (χ1v) is 11.1. The van der Waals surface area contributed by atoms with Crippen molar-refractivity contribution in [2.24, 2.45) is 0 Å². The van der Waals surface area contributed by atoms with Crippen LogP contribution in [0.2, 0.25) is 0 Å². The summed E-state index contributed by atoms with van der Waals surface area (Å²) in [4.78, 5) is 2.35. The van der Waals surface area contributed by atoms with Gasteiger partial charge in [0.05, 0.1) is 6.61 Å². The Bertz CT molecular complexity index is 968. The maximum absolute atomic E-state index is 10.2. The molecule has 2 atom stereocenters. The first-order chi connectivity index (χ1) is 15.2. The Kier molecular flexibility index (Phi) is 6.78. The van der Waals surface area contributed by atoms with Gasteiger partial charge in [-0.2, -0.15) is 0 Å². The SMILES string of the molecule is CCN(CC)CCOc1ccc([C@H]2c3cc(O)ccc3OC[C@@H]2c2ccccc2)cc1. The normalized spacial score (nSPS) is 17.8. The molecule has 4 nitrogen and oxygen atoms in total. The highest BCUT2D eigenvalue weighted by atomic mass is 16.5. The van der Waals surface area contributed by atoms with Crippen molar-refractivity contribution < 1.29 is 14.6 Å². The fraction of sp³-hybridized carbons (Fsp3) is 0.333. The van der Waals surface area contributed by atoms with Crippen molar-refractivity contribution in [3.63, 3.8) is 0 Å². The van der Waals surface area contributed by atoms with Gasteiger partial charge in [-0.3, -0.25) is 0 Å². The van der Waals surface area contributed by atoms with E-state index in [9.17, 15) is 5.11 Å². The van der Waals surface area contributed by atoms with Gasteiger partial charge in [-0.25, -0.2) is 0 Å². The Balaban J connectivity index is 1.59. The molecule has 0 unspecified atom stereocenters. The van der Waals surface area contributed by atoms with Gasteiger partial charge < -0.3 is 19.5 Å². The second kappa shape index (κ2) is 9.88. The molecule has 0 saturated heterocycles. The van der Waals surface area contributed by atoms with Crippen molar-refractivity contribution in [1.29, 1.82) is 0 Å². The molecule has 1 heterocycles. The molecule has 1 N–H and O–H groups in total. The predicted octanol–water partition coefficient (Wildman–Crippen LogP) is 5.42. The average molecular weight is 418 g/mol. The zero-order chi connectivity index (χ0) is 21.6. The summed E-state index contributed by atoms with van der Waals surface area (Å²) in [6, 6.07) is 24.3. The quantitative estimate of drug-likeness (QED) is 0.531. The Morgan fingerprint density at radius 1 is 0.935 bits per heavy atom. The Morgan fingerprint density at radius 2 is 1.68 bits per heavy atom. The smallest absolute Gasteiger partial charge is 0.123 e. The first kappa shape index (κ1) is 21.3. The van der Waals surface area contributed by atoms with Gasteiger partial charge in [-0.15, -0.1) is 0 Å². The third-order valence-corrected chi connectivity index (χ3v) is 6.19. The van der Waals surface area contributed by atoms with E-state index >= 15 is 0 Å². The summed E-state index contributed by atoms with van der Waals surface area (Å²) < 4.78 is 12.1. The van der Waals surface area contributed by atoms with E-state index in [-0.39, 0.29) is 17.6 Å². The van der Waals surface area contributed by atoms with E-state index in [4.69, 9.17) is 9.47 Å². The molecule has 0 spiro atoms. The van der Waals surface area contributed by atoms with Gasteiger partial charge in [0.1, 0.15) is 23.9 Å². The first-order valence-electron chi connectivity index (χ1n) is 11.1. The maximum Gasteiger partial charge on any atom is 0.123 e. The van der Waals surface area contributed by atoms with Crippen LogP contribution < -0.4 is 9.47 Å². The zero-order valence-electron chi connectivity index (χ0n) is 18.3. The monoisotopic (exact) mass is 417 g/mol. The van der Waals surface area contributed by atoms with Crippen LogP contribution in [0.1, 0.15) is 42.4 Å². The lowest BCUT2D eigenvalue weighted by Crippen LogP contribution is -2.27. The maximum atomic E-state index is 10.2. The lowest BCUT2D eigenvalue weighted by molar-refractivity contribution is 0.222. The van der Waals surface area contributed by atoms with Crippen molar-refractivity contribution in [3.05, 3.63) is 89.5 Å². The standard InChI is InChI=1S/C27H31NO3/c1-3-28(4-2)16-17-30-23-13-10-21(11-14-23)27-24-18-22(29)12-15-26(24)31-19-25(27)20-8-6-5-7-9-20/h5-15,18,25,27,29H,3-4,16-17,19H2,1-2H3/t25-,27+/m1/s1. The molecule has 3 aromatic carbocycles. The van der Waals surface area contributed by atoms with Crippen molar-refractivity contribution in [2.75, 3.05) is 32.8 Å². The summed E-state index contributed by atoms with van der Waals surface area (Å²) >= 11 is 0. The lowest BCUT2D eigenvalue weighted by Gasteiger charge is -2.34. The summed E-state index contributed by atoms with van der Waals surface area (Å²) in [7, 11) is 0. The summed E-state index contributed by atoms with van der Waals surface area (Å²) in [5.41, 5.74) is 3.46. The van der Waals surface area contributed by atoms with Crippen LogP contribution in [0.3, 0.4) is 0 Å². The largest absolute Gasteiger partial charge is 0.508 e. The molecule has 0 aliphatic carbocycles. The molecule has 0 saturated carbocycles. The van der Waals surface area contributed by atoms with Crippen LogP contribution in [0, 0.1) is 0 Å². The van der Waals surface area contributed by atoms with Crippen LogP contribution >= 0.6 is 0 Å². The summed E-state index contributed by atoms with van der Waals surface area (Å²) in [5.74, 6) is 2.26. The van der Waals surface area contributed by atoms with Gasteiger partial charge in [0.2, 0.25) is 0 Å².